The van der Waals surface area contributed by atoms with Crippen LogP contribution in [-0.4, -0.2) is 19.2 Å². The molecule has 0 saturated heterocycles. The first-order valence-corrected chi connectivity index (χ1v) is 6.25. The van der Waals surface area contributed by atoms with Crippen LogP contribution < -0.4 is 5.73 Å². The summed E-state index contributed by atoms with van der Waals surface area (Å²) in [7, 11) is 0. The summed E-state index contributed by atoms with van der Waals surface area (Å²) in [6.45, 7) is 4.72. The zero-order chi connectivity index (χ0) is 16.2. The van der Waals surface area contributed by atoms with E-state index in [1.54, 1.807) is 6.92 Å². The second-order valence-electron chi connectivity index (χ2n) is 3.79. The van der Waals surface area contributed by atoms with Crippen molar-refractivity contribution in [1.82, 2.24) is 0 Å². The fourth-order valence-electron chi connectivity index (χ4n) is 1.21. The van der Waals surface area contributed by atoms with Crippen LogP contribution >= 0.6 is 12.0 Å². The maximum atomic E-state index is 13.4. The van der Waals surface area contributed by atoms with Gasteiger partial charge in [-0.05, 0) is 6.92 Å². The van der Waals surface area contributed by atoms with Gasteiger partial charge in [0.2, 0.25) is 0 Å². The predicted octanol–water partition coefficient (Wildman–Crippen LogP) is 3.18. The first-order chi connectivity index (χ1) is 9.77. The number of hydrogen-bond donors (Lipinski definition) is 1. The third-order valence-corrected chi connectivity index (χ3v) is 2.67. The number of nitrogens with two attached hydrogens (primary N) is 1. The van der Waals surface area contributed by atoms with Gasteiger partial charge in [0.1, 0.15) is 17.9 Å². The van der Waals surface area contributed by atoms with Crippen molar-refractivity contribution in [3.05, 3.63) is 40.3 Å². The Balaban J connectivity index is 2.77. The molecule has 0 atom stereocenters. The van der Waals surface area contributed by atoms with Crippen molar-refractivity contribution in [2.24, 2.45) is 0 Å². The quantitative estimate of drug-likeness (QED) is 0.217. The van der Waals surface area contributed by atoms with Gasteiger partial charge in [-0.1, -0.05) is 6.58 Å². The molecule has 2 N–H and O–H groups in total. The van der Waals surface area contributed by atoms with Gasteiger partial charge in [0, 0.05) is 16.9 Å². The van der Waals surface area contributed by atoms with Gasteiger partial charge in [-0.15, -0.1) is 0 Å². The molecule has 116 valence electrons. The number of allylic oxidation sites excluding steroid dienone is 1. The van der Waals surface area contributed by atoms with Crippen LogP contribution in [0.25, 0.3) is 0 Å². The molecule has 1 rings (SSSR count). The highest BCUT2D eigenvalue weighted by Crippen LogP contribution is 2.26. The molecular weight excluding hydrogens is 314 g/mol. The topological polar surface area (TPSA) is 61.5 Å². The average molecular weight is 325 g/mol. The minimum Gasteiger partial charge on any atom is -0.459 e. The van der Waals surface area contributed by atoms with Crippen molar-refractivity contribution >= 4 is 23.7 Å². The number of esters is 1. The molecule has 1 aromatic rings. The maximum Gasteiger partial charge on any atom is 0.344 e. The predicted molar refractivity (Wildman–Crippen MR) is 69.3 cm³/mol. The molecular formula is C12H11F4NO3S. The molecule has 0 bridgehead atoms. The van der Waals surface area contributed by atoms with Gasteiger partial charge in [-0.3, -0.25) is 0 Å². The molecule has 0 aliphatic rings. The third kappa shape index (κ3) is 4.11. The van der Waals surface area contributed by atoms with E-state index >= 15 is 0 Å². The van der Waals surface area contributed by atoms with E-state index in [0.717, 1.165) is 12.0 Å². The lowest BCUT2D eigenvalue weighted by Gasteiger charge is -2.09. The monoisotopic (exact) mass is 325 g/mol. The molecule has 9 heteroatoms. The van der Waals surface area contributed by atoms with Gasteiger partial charge in [-0.25, -0.2) is 22.4 Å². The fraction of sp³-hybridized carbons (Fsp3) is 0.250. The van der Waals surface area contributed by atoms with Crippen molar-refractivity contribution in [3.8, 4) is 0 Å². The fourth-order valence-corrected chi connectivity index (χ4v) is 1.56. The third-order valence-electron chi connectivity index (χ3n) is 2.10. The van der Waals surface area contributed by atoms with Crippen LogP contribution in [0.3, 0.4) is 0 Å². The SMILES string of the molecule is C=C(C)SOCCOC(=O)c1c(F)c(F)c(N)c(F)c1F. The van der Waals surface area contributed by atoms with Gasteiger partial charge in [0.15, 0.2) is 23.3 Å². The Morgan fingerprint density at radius 1 is 1.14 bits per heavy atom. The molecule has 0 saturated carbocycles. The second kappa shape index (κ2) is 7.32. The van der Waals surface area contributed by atoms with Crippen LogP contribution in [0.15, 0.2) is 11.5 Å². The smallest absolute Gasteiger partial charge is 0.344 e. The second-order valence-corrected chi connectivity index (χ2v) is 4.89. The molecule has 0 aliphatic heterocycles. The van der Waals surface area contributed by atoms with E-state index < -0.39 is 40.5 Å². The Bertz CT molecular complexity index is 551. The maximum absolute atomic E-state index is 13.4. The molecule has 4 nitrogen and oxygen atoms in total. The Hall–Kier alpha value is -1.74. The van der Waals surface area contributed by atoms with Gasteiger partial charge in [0.05, 0.1) is 6.61 Å². The molecule has 1 aromatic carbocycles. The van der Waals surface area contributed by atoms with E-state index in [0.29, 0.717) is 4.91 Å². The normalized spacial score (nSPS) is 10.5. The number of carbonyl (C=O) groups is 1. The van der Waals surface area contributed by atoms with E-state index in [1.807, 2.05) is 0 Å². The Labute approximate surface area is 122 Å². The highest BCUT2D eigenvalue weighted by molar-refractivity contribution is 7.98. The van der Waals surface area contributed by atoms with Crippen LogP contribution in [0, 0.1) is 23.3 Å². The molecule has 0 unspecified atom stereocenters. The van der Waals surface area contributed by atoms with Gasteiger partial charge < -0.3 is 14.7 Å². The van der Waals surface area contributed by atoms with Crippen LogP contribution in [0.2, 0.25) is 0 Å². The molecule has 0 heterocycles. The molecule has 0 aromatic heterocycles. The number of benzene rings is 1. The van der Waals surface area contributed by atoms with Crippen molar-refractivity contribution in [2.45, 2.75) is 6.92 Å². The first-order valence-electron chi connectivity index (χ1n) is 5.50. The van der Waals surface area contributed by atoms with Crippen LogP contribution in [0.1, 0.15) is 17.3 Å². The summed E-state index contributed by atoms with van der Waals surface area (Å²) >= 11 is 0.921. The Morgan fingerprint density at radius 2 is 1.67 bits per heavy atom. The average Bonchev–Trinajstić information content (AvgIpc) is 2.42. The number of ether oxygens (including phenoxy) is 1. The highest BCUT2D eigenvalue weighted by atomic mass is 32.2. The molecule has 0 aliphatic carbocycles. The lowest BCUT2D eigenvalue weighted by molar-refractivity contribution is 0.0448. The largest absolute Gasteiger partial charge is 0.459 e. The minimum absolute atomic E-state index is 0.105. The standard InChI is InChI=1S/C12H11F4NO3S/c1-5(2)21-20-4-3-19-12(18)6-7(13)9(15)11(17)10(16)8(6)14/h1,3-4,17H2,2H3. The number of halogens is 4. The number of rotatable bonds is 6. The summed E-state index contributed by atoms with van der Waals surface area (Å²) in [6.07, 6.45) is 0. The van der Waals surface area contributed by atoms with Gasteiger partial charge >= 0.3 is 5.97 Å². The van der Waals surface area contributed by atoms with Crippen molar-refractivity contribution in [2.75, 3.05) is 18.9 Å². The first kappa shape index (κ1) is 17.3. The van der Waals surface area contributed by atoms with Crippen LogP contribution in [0.4, 0.5) is 23.2 Å². The molecule has 0 fully saturated rings. The molecule has 0 amide bonds. The van der Waals surface area contributed by atoms with E-state index in [-0.39, 0.29) is 13.2 Å². The van der Waals surface area contributed by atoms with Crippen molar-refractivity contribution in [1.29, 1.82) is 0 Å². The summed E-state index contributed by atoms with van der Waals surface area (Å²) in [5, 5.41) is 0. The summed E-state index contributed by atoms with van der Waals surface area (Å²) in [6, 6.07) is 0. The van der Waals surface area contributed by atoms with Gasteiger partial charge in [0.25, 0.3) is 0 Å². The highest BCUT2D eigenvalue weighted by Gasteiger charge is 2.29. The van der Waals surface area contributed by atoms with Crippen LogP contribution in [0.5, 0.6) is 0 Å². The van der Waals surface area contributed by atoms with Crippen molar-refractivity contribution < 1.29 is 31.3 Å². The number of nitrogen functional groups attached to an aromatic ring is 1. The summed E-state index contributed by atoms with van der Waals surface area (Å²) in [4.78, 5) is 12.1. The van der Waals surface area contributed by atoms with E-state index in [9.17, 15) is 22.4 Å². The van der Waals surface area contributed by atoms with E-state index in [2.05, 4.69) is 11.3 Å². The van der Waals surface area contributed by atoms with E-state index in [1.165, 1.54) is 0 Å². The number of carbonyl (C=O) groups excluding carboxylic acids is 1. The van der Waals surface area contributed by atoms with Gasteiger partial charge in [-0.2, -0.15) is 0 Å². The van der Waals surface area contributed by atoms with E-state index in [4.69, 9.17) is 9.92 Å². The zero-order valence-corrected chi connectivity index (χ0v) is 11.7. The van der Waals surface area contributed by atoms with Crippen LogP contribution in [-0.2, 0) is 8.92 Å². The molecule has 21 heavy (non-hydrogen) atoms. The van der Waals surface area contributed by atoms with Crippen molar-refractivity contribution in [3.63, 3.8) is 0 Å². The Kier molecular flexibility index (Phi) is 6.03. The summed E-state index contributed by atoms with van der Waals surface area (Å²) < 4.78 is 62.5. The molecule has 0 radical (unpaired) electrons. The number of anilines is 1. The Morgan fingerprint density at radius 3 is 2.14 bits per heavy atom. The minimum atomic E-state index is -1.91. The lowest BCUT2D eigenvalue weighted by Crippen LogP contribution is -2.17. The summed E-state index contributed by atoms with van der Waals surface area (Å²) in [5.74, 6) is -9.08. The lowest BCUT2D eigenvalue weighted by atomic mass is 10.1. The summed E-state index contributed by atoms with van der Waals surface area (Å²) in [5.41, 5.74) is 1.98. The molecule has 0 spiro atoms. The zero-order valence-electron chi connectivity index (χ0n) is 10.8. The number of hydrogen-bond acceptors (Lipinski definition) is 5.